The fourth-order valence-corrected chi connectivity index (χ4v) is 2.19. The third-order valence-corrected chi connectivity index (χ3v) is 3.48. The summed E-state index contributed by atoms with van der Waals surface area (Å²) < 4.78 is 5.88. The Kier molecular flexibility index (Phi) is 6.84. The Morgan fingerprint density at radius 2 is 1.96 bits per heavy atom. The lowest BCUT2D eigenvalue weighted by Crippen LogP contribution is -2.82. The zero-order valence-electron chi connectivity index (χ0n) is 12.8. The maximum absolute atomic E-state index is 5.88. The largest absolute Gasteiger partial charge is 0.488 e. The highest BCUT2D eigenvalue weighted by Gasteiger charge is 2.04. The lowest BCUT2D eigenvalue weighted by Gasteiger charge is -2.08. The van der Waals surface area contributed by atoms with Crippen LogP contribution in [-0.2, 0) is 6.61 Å². The molecular formula is C17H19ClN3OS+. The molecule has 0 spiro atoms. The van der Waals surface area contributed by atoms with Gasteiger partial charge in [-0.2, -0.15) is 0 Å². The summed E-state index contributed by atoms with van der Waals surface area (Å²) in [6.45, 7) is 3.23. The van der Waals surface area contributed by atoms with E-state index in [0.717, 1.165) is 28.4 Å². The van der Waals surface area contributed by atoms with Crippen LogP contribution >= 0.6 is 23.8 Å². The summed E-state index contributed by atoms with van der Waals surface area (Å²) in [6, 6.07) is 15.4. The summed E-state index contributed by atoms with van der Waals surface area (Å²) in [5.41, 5.74) is 4.87. The van der Waals surface area contributed by atoms with Gasteiger partial charge in [-0.05, 0) is 49.0 Å². The smallest absolute Gasteiger partial charge is 0.223 e. The van der Waals surface area contributed by atoms with Crippen molar-refractivity contribution < 1.29 is 9.84 Å². The first kappa shape index (κ1) is 17.2. The van der Waals surface area contributed by atoms with Crippen LogP contribution in [0.1, 0.15) is 18.1 Å². The number of hydrazone groups is 1. The van der Waals surface area contributed by atoms with Crippen molar-refractivity contribution in [3.05, 3.63) is 64.7 Å². The number of hydrazine groups is 1. The van der Waals surface area contributed by atoms with Gasteiger partial charge in [0.25, 0.3) is 0 Å². The third kappa shape index (κ3) is 5.88. The van der Waals surface area contributed by atoms with Crippen LogP contribution in [0.25, 0.3) is 0 Å². The molecule has 0 aliphatic heterocycles. The fraction of sp³-hybridized carbons (Fsp3) is 0.176. The molecule has 0 saturated carbocycles. The molecule has 0 bridgehead atoms. The lowest BCUT2D eigenvalue weighted by molar-refractivity contribution is -0.500. The number of nitrogens with one attached hydrogen (secondary N) is 3. The van der Waals surface area contributed by atoms with Crippen molar-refractivity contribution in [1.82, 2.24) is 10.7 Å². The zero-order chi connectivity index (χ0) is 16.5. The van der Waals surface area contributed by atoms with Gasteiger partial charge in [0.05, 0.1) is 5.56 Å². The molecule has 2 rings (SSSR count). The summed E-state index contributed by atoms with van der Waals surface area (Å²) >= 11 is 11.0. The fourth-order valence-electron chi connectivity index (χ4n) is 1.86. The maximum Gasteiger partial charge on any atom is 0.223 e. The first-order valence-corrected chi connectivity index (χ1v) is 8.06. The Hall–Kier alpha value is -2.11. The number of halogens is 1. The molecule has 0 radical (unpaired) electrons. The second-order valence-electron chi connectivity index (χ2n) is 4.73. The summed E-state index contributed by atoms with van der Waals surface area (Å²) in [5, 5.41) is 7.21. The molecule has 23 heavy (non-hydrogen) atoms. The van der Waals surface area contributed by atoms with Gasteiger partial charge in [-0.1, -0.05) is 35.9 Å². The van der Waals surface area contributed by atoms with Crippen LogP contribution in [0, 0.1) is 0 Å². The van der Waals surface area contributed by atoms with Crippen molar-refractivity contribution in [3.63, 3.8) is 0 Å². The molecule has 0 aliphatic carbocycles. The molecule has 0 amide bonds. The number of thiocarbonyl (C=S) groups is 1. The number of benzene rings is 2. The molecule has 0 heterocycles. The summed E-state index contributed by atoms with van der Waals surface area (Å²) in [7, 11) is 0. The first-order valence-electron chi connectivity index (χ1n) is 7.28. The highest BCUT2D eigenvalue weighted by atomic mass is 35.5. The van der Waals surface area contributed by atoms with Crippen LogP contribution in [0.5, 0.6) is 5.75 Å². The molecule has 2 aromatic carbocycles. The van der Waals surface area contributed by atoms with Gasteiger partial charge in [0.1, 0.15) is 12.4 Å². The van der Waals surface area contributed by atoms with Crippen molar-refractivity contribution in [2.45, 2.75) is 13.5 Å². The maximum atomic E-state index is 5.88. The summed E-state index contributed by atoms with van der Waals surface area (Å²) in [4.78, 5) is 0. The van der Waals surface area contributed by atoms with Gasteiger partial charge in [0.15, 0.2) is 0 Å². The van der Waals surface area contributed by atoms with E-state index in [1.807, 2.05) is 55.5 Å². The van der Waals surface area contributed by atoms with Gasteiger partial charge < -0.3 is 10.1 Å². The summed E-state index contributed by atoms with van der Waals surface area (Å²) in [5.74, 6) is 0.783. The topological polar surface area (TPSA) is 47.3 Å². The molecule has 3 N–H and O–H groups in total. The van der Waals surface area contributed by atoms with Crippen molar-refractivity contribution in [3.8, 4) is 5.75 Å². The number of ether oxygens (including phenoxy) is 1. The van der Waals surface area contributed by atoms with Gasteiger partial charge >= 0.3 is 0 Å². The average Bonchev–Trinajstić information content (AvgIpc) is 2.56. The van der Waals surface area contributed by atoms with E-state index in [1.54, 1.807) is 6.21 Å². The van der Waals surface area contributed by atoms with E-state index >= 15 is 0 Å². The van der Waals surface area contributed by atoms with Crippen LogP contribution < -0.4 is 20.6 Å². The first-order chi connectivity index (χ1) is 11.2. The van der Waals surface area contributed by atoms with Crippen molar-refractivity contribution in [2.24, 2.45) is 0 Å². The highest BCUT2D eigenvalue weighted by Crippen LogP contribution is 2.17. The lowest BCUT2D eigenvalue weighted by atomic mass is 10.2. The second-order valence-corrected chi connectivity index (χ2v) is 5.57. The van der Waals surface area contributed by atoms with E-state index in [0.29, 0.717) is 11.7 Å². The van der Waals surface area contributed by atoms with E-state index in [9.17, 15) is 0 Å². The second kappa shape index (κ2) is 9.12. The number of para-hydroxylation sites is 1. The summed E-state index contributed by atoms with van der Waals surface area (Å²) in [6.07, 6.45) is 1.81. The predicted molar refractivity (Wildman–Crippen MR) is 97.8 cm³/mol. The standard InChI is InChI=1S/C17H18ClN3OS/c1-2-19-17(23)21-20-11-14-5-3-4-6-16(14)22-12-13-7-9-15(18)10-8-13/h3-11H,2,12H2,1H3,(H2,19,21,23)/p+1. The minimum atomic E-state index is 0.477. The predicted octanol–water partition coefficient (Wildman–Crippen LogP) is 1.82. The molecule has 120 valence electrons. The quantitative estimate of drug-likeness (QED) is 0.423. The third-order valence-electron chi connectivity index (χ3n) is 2.98. The van der Waals surface area contributed by atoms with Crippen molar-refractivity contribution in [1.29, 1.82) is 0 Å². The van der Waals surface area contributed by atoms with Crippen molar-refractivity contribution >= 4 is 35.1 Å². The van der Waals surface area contributed by atoms with Gasteiger partial charge in [0, 0.05) is 11.6 Å². The highest BCUT2D eigenvalue weighted by molar-refractivity contribution is 7.80. The molecule has 0 unspecified atom stereocenters. The van der Waals surface area contributed by atoms with Crippen LogP contribution in [0.4, 0.5) is 0 Å². The van der Waals surface area contributed by atoms with E-state index in [2.05, 4.69) is 15.8 Å². The van der Waals surface area contributed by atoms with Gasteiger partial charge in [-0.3, -0.25) is 0 Å². The van der Waals surface area contributed by atoms with Crippen LogP contribution in [0.3, 0.4) is 0 Å². The Balaban J connectivity index is 1.98. The van der Waals surface area contributed by atoms with Gasteiger partial charge in [0.2, 0.25) is 11.3 Å². The van der Waals surface area contributed by atoms with E-state index in [1.165, 1.54) is 0 Å². The molecule has 0 fully saturated rings. The minimum Gasteiger partial charge on any atom is -0.488 e. The molecule has 4 nitrogen and oxygen atoms in total. The van der Waals surface area contributed by atoms with Gasteiger partial charge in [-0.25, -0.2) is 0 Å². The molecule has 0 aromatic heterocycles. The Labute approximate surface area is 146 Å². The Bertz CT molecular complexity index is 674. The Morgan fingerprint density at radius 3 is 2.70 bits per heavy atom. The molecule has 0 aliphatic rings. The normalized spacial score (nSPS) is 10.5. The number of hydrogen-bond acceptors (Lipinski definition) is 2. The Morgan fingerprint density at radius 1 is 1.22 bits per heavy atom. The van der Waals surface area contributed by atoms with Gasteiger partial charge in [-0.15, -0.1) is 10.5 Å². The molecule has 6 heteroatoms. The SMILES string of the molecule is CCNC(=S)N[NH+]=Cc1ccccc1OCc1ccc(Cl)cc1. The molecule has 2 aromatic rings. The van der Waals surface area contributed by atoms with Crippen LogP contribution in [0.2, 0.25) is 5.02 Å². The molecule has 0 saturated heterocycles. The average molecular weight is 349 g/mol. The van der Waals surface area contributed by atoms with E-state index in [-0.39, 0.29) is 0 Å². The minimum absolute atomic E-state index is 0.477. The number of hydrogen-bond donors (Lipinski definition) is 3. The van der Waals surface area contributed by atoms with Crippen LogP contribution in [0.15, 0.2) is 48.5 Å². The van der Waals surface area contributed by atoms with Crippen molar-refractivity contribution in [2.75, 3.05) is 6.54 Å². The monoisotopic (exact) mass is 348 g/mol. The molecule has 0 atom stereocenters. The van der Waals surface area contributed by atoms with E-state index < -0.39 is 0 Å². The zero-order valence-corrected chi connectivity index (χ0v) is 14.4. The molecular weight excluding hydrogens is 330 g/mol. The van der Waals surface area contributed by atoms with E-state index in [4.69, 9.17) is 28.6 Å². The van der Waals surface area contributed by atoms with Crippen LogP contribution in [-0.4, -0.2) is 17.9 Å². The number of rotatable bonds is 6.